The number of nitrogens with zero attached hydrogens (tertiary/aromatic N) is 1. The molecule has 1 saturated carbocycles. The number of carboxylic acids is 1. The van der Waals surface area contributed by atoms with E-state index in [1.54, 1.807) is 0 Å². The minimum absolute atomic E-state index is 0.0666. The number of carbonyl (C=O) groups is 1. The van der Waals surface area contributed by atoms with E-state index in [4.69, 9.17) is 5.11 Å². The molecule has 3 nitrogen and oxygen atoms in total. The number of rotatable bonds is 2. The van der Waals surface area contributed by atoms with Crippen molar-refractivity contribution in [1.29, 1.82) is 0 Å². The molecule has 13 heavy (non-hydrogen) atoms. The summed E-state index contributed by atoms with van der Waals surface area (Å²) in [6.45, 7) is 3.25. The van der Waals surface area contributed by atoms with Crippen molar-refractivity contribution in [3.05, 3.63) is 0 Å². The molecular formula is C10H17NO2. The number of hydrogen-bond acceptors (Lipinski definition) is 2. The third-order valence-corrected chi connectivity index (χ3v) is 3.86. The van der Waals surface area contributed by atoms with Crippen LogP contribution in [0.15, 0.2) is 0 Å². The van der Waals surface area contributed by atoms with Crippen LogP contribution in [-0.4, -0.2) is 35.6 Å². The monoisotopic (exact) mass is 183 g/mol. The van der Waals surface area contributed by atoms with Crippen LogP contribution < -0.4 is 0 Å². The van der Waals surface area contributed by atoms with Gasteiger partial charge in [-0.3, -0.25) is 4.79 Å². The van der Waals surface area contributed by atoms with Crippen LogP contribution in [0.3, 0.4) is 0 Å². The molecule has 0 aromatic carbocycles. The minimum Gasteiger partial charge on any atom is -0.481 e. The van der Waals surface area contributed by atoms with Crippen LogP contribution in [-0.2, 0) is 4.79 Å². The molecular weight excluding hydrogens is 166 g/mol. The first kappa shape index (κ1) is 9.00. The minimum atomic E-state index is -0.609. The highest BCUT2D eigenvalue weighted by Crippen LogP contribution is 2.58. The quantitative estimate of drug-likeness (QED) is 0.699. The zero-order chi connectivity index (χ0) is 9.64. The predicted molar refractivity (Wildman–Crippen MR) is 49.5 cm³/mol. The van der Waals surface area contributed by atoms with E-state index in [0.29, 0.717) is 6.04 Å². The summed E-state index contributed by atoms with van der Waals surface area (Å²) < 4.78 is 0. The van der Waals surface area contributed by atoms with Gasteiger partial charge in [0.2, 0.25) is 0 Å². The van der Waals surface area contributed by atoms with Gasteiger partial charge in [-0.25, -0.2) is 0 Å². The topological polar surface area (TPSA) is 40.5 Å². The molecule has 0 radical (unpaired) electrons. The fourth-order valence-corrected chi connectivity index (χ4v) is 2.86. The summed E-state index contributed by atoms with van der Waals surface area (Å²) in [7, 11) is 2.11. The molecule has 2 fully saturated rings. The van der Waals surface area contributed by atoms with Crippen molar-refractivity contribution < 1.29 is 9.90 Å². The maximum absolute atomic E-state index is 10.8. The predicted octanol–water partition coefficient (Wildman–Crippen LogP) is 1.19. The molecule has 0 aromatic rings. The van der Waals surface area contributed by atoms with E-state index in [2.05, 4.69) is 18.9 Å². The maximum atomic E-state index is 10.8. The first-order valence-corrected chi connectivity index (χ1v) is 4.99. The molecule has 3 unspecified atom stereocenters. The summed E-state index contributed by atoms with van der Waals surface area (Å²) in [4.78, 5) is 13.1. The maximum Gasteiger partial charge on any atom is 0.307 e. The van der Waals surface area contributed by atoms with Gasteiger partial charge < -0.3 is 10.0 Å². The first-order chi connectivity index (χ1) is 6.05. The number of likely N-dealkylation sites (tertiary alicyclic amines) is 1. The van der Waals surface area contributed by atoms with Crippen LogP contribution in [0.4, 0.5) is 0 Å². The van der Waals surface area contributed by atoms with Gasteiger partial charge in [0.15, 0.2) is 0 Å². The van der Waals surface area contributed by atoms with E-state index in [0.717, 1.165) is 13.0 Å². The Hall–Kier alpha value is -0.570. The van der Waals surface area contributed by atoms with Gasteiger partial charge in [-0.2, -0.15) is 0 Å². The lowest BCUT2D eigenvalue weighted by atomic mass is 9.94. The van der Waals surface area contributed by atoms with Crippen LogP contribution in [0.5, 0.6) is 0 Å². The Morgan fingerprint density at radius 3 is 2.69 bits per heavy atom. The van der Waals surface area contributed by atoms with Crippen molar-refractivity contribution in [2.45, 2.75) is 32.2 Å². The fourth-order valence-electron chi connectivity index (χ4n) is 2.86. The highest BCUT2D eigenvalue weighted by Gasteiger charge is 2.60. The van der Waals surface area contributed by atoms with Gasteiger partial charge in [-0.05, 0) is 38.3 Å². The van der Waals surface area contributed by atoms with Gasteiger partial charge >= 0.3 is 5.97 Å². The Morgan fingerprint density at radius 2 is 2.31 bits per heavy atom. The second-order valence-electron chi connectivity index (χ2n) is 4.74. The van der Waals surface area contributed by atoms with Crippen molar-refractivity contribution in [2.75, 3.05) is 13.6 Å². The van der Waals surface area contributed by atoms with Gasteiger partial charge in [-0.15, -0.1) is 0 Å². The highest BCUT2D eigenvalue weighted by molar-refractivity contribution is 5.75. The fraction of sp³-hybridized carbons (Fsp3) is 0.900. The SMILES string of the molecule is CN1CCCC1C1(C)CC1C(=O)O. The van der Waals surface area contributed by atoms with E-state index < -0.39 is 5.97 Å². The van der Waals surface area contributed by atoms with Gasteiger partial charge in [-0.1, -0.05) is 6.92 Å². The van der Waals surface area contributed by atoms with E-state index >= 15 is 0 Å². The molecule has 0 aromatic heterocycles. The summed E-state index contributed by atoms with van der Waals surface area (Å²) in [5, 5.41) is 8.92. The second-order valence-corrected chi connectivity index (χ2v) is 4.74. The summed E-state index contributed by atoms with van der Waals surface area (Å²) in [5.41, 5.74) is 0.0666. The van der Waals surface area contributed by atoms with Crippen LogP contribution in [0.1, 0.15) is 26.2 Å². The van der Waals surface area contributed by atoms with E-state index in [-0.39, 0.29) is 11.3 Å². The van der Waals surface area contributed by atoms with Crippen molar-refractivity contribution in [3.8, 4) is 0 Å². The second kappa shape index (κ2) is 2.71. The van der Waals surface area contributed by atoms with Crippen molar-refractivity contribution in [1.82, 2.24) is 4.90 Å². The zero-order valence-electron chi connectivity index (χ0n) is 8.29. The molecule has 3 heteroatoms. The average molecular weight is 183 g/mol. The Balaban J connectivity index is 2.06. The summed E-state index contributed by atoms with van der Waals surface area (Å²) in [6, 6.07) is 0.508. The van der Waals surface area contributed by atoms with Crippen LogP contribution in [0, 0.1) is 11.3 Å². The molecule has 0 amide bonds. The highest BCUT2D eigenvalue weighted by atomic mass is 16.4. The zero-order valence-corrected chi connectivity index (χ0v) is 8.29. The third kappa shape index (κ3) is 1.26. The van der Waals surface area contributed by atoms with Crippen LogP contribution in [0.2, 0.25) is 0 Å². The Morgan fingerprint density at radius 1 is 1.62 bits per heavy atom. The van der Waals surface area contributed by atoms with Crippen LogP contribution in [0.25, 0.3) is 0 Å². The molecule has 1 heterocycles. The Bertz CT molecular complexity index is 241. The lowest BCUT2D eigenvalue weighted by Gasteiger charge is -2.26. The Kier molecular flexibility index (Phi) is 1.88. The Labute approximate surface area is 78.7 Å². The summed E-state index contributed by atoms with van der Waals surface area (Å²) in [5.74, 6) is -0.694. The molecule has 74 valence electrons. The van der Waals surface area contributed by atoms with Gasteiger partial charge in [0.25, 0.3) is 0 Å². The van der Waals surface area contributed by atoms with Gasteiger partial charge in [0.1, 0.15) is 0 Å². The molecule has 0 bridgehead atoms. The third-order valence-electron chi connectivity index (χ3n) is 3.86. The normalized spacial score (nSPS) is 45.1. The summed E-state index contributed by atoms with van der Waals surface area (Å²) in [6.07, 6.45) is 3.28. The van der Waals surface area contributed by atoms with E-state index in [9.17, 15) is 4.79 Å². The van der Waals surface area contributed by atoms with Gasteiger partial charge in [0.05, 0.1) is 5.92 Å². The first-order valence-electron chi connectivity index (χ1n) is 4.99. The molecule has 2 aliphatic rings. The molecule has 1 N–H and O–H groups in total. The van der Waals surface area contributed by atoms with Crippen molar-refractivity contribution >= 4 is 5.97 Å². The molecule has 2 rings (SSSR count). The number of carboxylic acid groups (broad SMARTS) is 1. The molecule has 0 spiro atoms. The number of hydrogen-bond donors (Lipinski definition) is 1. The van der Waals surface area contributed by atoms with Crippen molar-refractivity contribution in [2.24, 2.45) is 11.3 Å². The molecule has 1 aliphatic carbocycles. The van der Waals surface area contributed by atoms with Gasteiger partial charge in [0, 0.05) is 6.04 Å². The molecule has 1 saturated heterocycles. The average Bonchev–Trinajstić information content (AvgIpc) is 2.53. The lowest BCUT2D eigenvalue weighted by Crippen LogP contribution is -2.34. The summed E-state index contributed by atoms with van der Waals surface area (Å²) >= 11 is 0. The molecule has 3 atom stereocenters. The van der Waals surface area contributed by atoms with E-state index in [1.165, 1.54) is 12.8 Å². The number of aliphatic carboxylic acids is 1. The van der Waals surface area contributed by atoms with E-state index in [1.807, 2.05) is 0 Å². The van der Waals surface area contributed by atoms with Crippen LogP contribution >= 0.6 is 0 Å². The largest absolute Gasteiger partial charge is 0.481 e. The lowest BCUT2D eigenvalue weighted by molar-refractivity contribution is -0.139. The smallest absolute Gasteiger partial charge is 0.307 e. The molecule has 1 aliphatic heterocycles. The standard InChI is InChI=1S/C10H17NO2/c1-10(6-7(10)9(12)13)8-4-3-5-11(8)2/h7-8H,3-6H2,1-2H3,(H,12,13). The van der Waals surface area contributed by atoms with Crippen molar-refractivity contribution in [3.63, 3.8) is 0 Å².